The minimum atomic E-state index is -3.24. The maximum absolute atomic E-state index is 12.1. The van der Waals surface area contributed by atoms with E-state index in [2.05, 4.69) is 19.2 Å². The van der Waals surface area contributed by atoms with E-state index >= 15 is 0 Å². The van der Waals surface area contributed by atoms with Crippen molar-refractivity contribution in [1.29, 1.82) is 0 Å². The second-order valence-electron chi connectivity index (χ2n) is 5.08. The first-order valence-electron chi connectivity index (χ1n) is 7.15. The van der Waals surface area contributed by atoms with E-state index in [0.29, 0.717) is 29.7 Å². The lowest BCUT2D eigenvalue weighted by atomic mass is 10.3. The second kappa shape index (κ2) is 8.27. The van der Waals surface area contributed by atoms with Crippen LogP contribution in [0.1, 0.15) is 33.6 Å². The summed E-state index contributed by atoms with van der Waals surface area (Å²) in [7, 11) is -3.24. The van der Waals surface area contributed by atoms with Gasteiger partial charge >= 0.3 is 0 Å². The molecule has 0 spiro atoms. The molecule has 1 rings (SSSR count). The van der Waals surface area contributed by atoms with Crippen LogP contribution in [-0.4, -0.2) is 33.4 Å². The van der Waals surface area contributed by atoms with Crippen LogP contribution in [0.3, 0.4) is 0 Å². The second-order valence-corrected chi connectivity index (χ2v) is 7.15. The number of nitrogens with one attached hydrogen (secondary N) is 1. The number of ether oxygens (including phenoxy) is 1. The lowest BCUT2D eigenvalue weighted by molar-refractivity contribution is 0.299. The molecule has 114 valence electrons. The topological polar surface area (TPSA) is 55.4 Å². The van der Waals surface area contributed by atoms with Gasteiger partial charge in [0.05, 0.1) is 12.4 Å². The molecule has 0 aliphatic rings. The highest BCUT2D eigenvalue weighted by Crippen LogP contribution is 2.24. The van der Waals surface area contributed by atoms with Crippen LogP contribution in [0.2, 0.25) is 0 Å². The van der Waals surface area contributed by atoms with Gasteiger partial charge in [-0.25, -0.2) is 8.42 Å². The summed E-state index contributed by atoms with van der Waals surface area (Å²) in [5.41, 5.74) is 0. The van der Waals surface area contributed by atoms with E-state index in [4.69, 9.17) is 4.74 Å². The molecule has 20 heavy (non-hydrogen) atoms. The molecule has 0 atom stereocenters. The number of hydrogen-bond donors (Lipinski definition) is 1. The molecular formula is C15H25NO3S. The van der Waals surface area contributed by atoms with E-state index in [1.807, 2.05) is 6.92 Å². The predicted octanol–water partition coefficient (Wildman–Crippen LogP) is 2.64. The van der Waals surface area contributed by atoms with Gasteiger partial charge in [-0.15, -0.1) is 0 Å². The molecule has 0 heterocycles. The van der Waals surface area contributed by atoms with Crippen LogP contribution in [0.25, 0.3) is 0 Å². The molecule has 0 radical (unpaired) electrons. The van der Waals surface area contributed by atoms with Gasteiger partial charge in [-0.3, -0.25) is 0 Å². The van der Waals surface area contributed by atoms with Gasteiger partial charge in [0, 0.05) is 6.04 Å². The Morgan fingerprint density at radius 2 is 1.95 bits per heavy atom. The molecule has 1 aromatic carbocycles. The Kier molecular flexibility index (Phi) is 7.02. The molecule has 0 unspecified atom stereocenters. The van der Waals surface area contributed by atoms with E-state index in [0.717, 1.165) is 13.0 Å². The lowest BCUT2D eigenvalue weighted by Crippen LogP contribution is -2.24. The Balaban J connectivity index is 2.63. The van der Waals surface area contributed by atoms with Crippen molar-refractivity contribution in [3.05, 3.63) is 24.3 Å². The van der Waals surface area contributed by atoms with Crippen molar-refractivity contribution in [3.8, 4) is 5.75 Å². The highest BCUT2D eigenvalue weighted by molar-refractivity contribution is 7.91. The van der Waals surface area contributed by atoms with Crippen LogP contribution < -0.4 is 10.1 Å². The first kappa shape index (κ1) is 17.0. The summed E-state index contributed by atoms with van der Waals surface area (Å²) < 4.78 is 29.9. The maximum atomic E-state index is 12.1. The van der Waals surface area contributed by atoms with Crippen LogP contribution in [0, 0.1) is 0 Å². The Labute approximate surface area is 122 Å². The van der Waals surface area contributed by atoms with Gasteiger partial charge < -0.3 is 10.1 Å². The molecule has 1 aromatic rings. The summed E-state index contributed by atoms with van der Waals surface area (Å²) in [6, 6.07) is 7.32. The van der Waals surface area contributed by atoms with Crippen molar-refractivity contribution in [2.24, 2.45) is 0 Å². The van der Waals surface area contributed by atoms with Gasteiger partial charge in [0.15, 0.2) is 9.84 Å². The minimum Gasteiger partial charge on any atom is -0.492 e. The monoisotopic (exact) mass is 299 g/mol. The molecule has 5 heteroatoms. The predicted molar refractivity (Wildman–Crippen MR) is 82.0 cm³/mol. The van der Waals surface area contributed by atoms with E-state index in [1.54, 1.807) is 24.3 Å². The Hall–Kier alpha value is -1.07. The number of benzene rings is 1. The van der Waals surface area contributed by atoms with E-state index in [-0.39, 0.29) is 5.75 Å². The van der Waals surface area contributed by atoms with Gasteiger partial charge in [0.2, 0.25) is 0 Å². The SMILES string of the molecule is CCCS(=O)(=O)c1ccccc1OCCCNC(C)C. The number of hydrogen-bond acceptors (Lipinski definition) is 4. The van der Waals surface area contributed by atoms with Crippen LogP contribution in [0.5, 0.6) is 5.75 Å². The molecule has 0 amide bonds. The van der Waals surface area contributed by atoms with Crippen LogP contribution >= 0.6 is 0 Å². The van der Waals surface area contributed by atoms with Gasteiger partial charge in [-0.05, 0) is 31.5 Å². The average Bonchev–Trinajstić information content (AvgIpc) is 2.38. The van der Waals surface area contributed by atoms with Crippen LogP contribution in [0.4, 0.5) is 0 Å². The summed E-state index contributed by atoms with van der Waals surface area (Å²) >= 11 is 0. The third-order valence-corrected chi connectivity index (χ3v) is 4.74. The maximum Gasteiger partial charge on any atom is 0.182 e. The van der Waals surface area contributed by atoms with Crippen molar-refractivity contribution in [2.75, 3.05) is 18.9 Å². The third-order valence-electron chi connectivity index (χ3n) is 2.79. The van der Waals surface area contributed by atoms with E-state index in [1.165, 1.54) is 0 Å². The van der Waals surface area contributed by atoms with E-state index < -0.39 is 9.84 Å². The zero-order valence-electron chi connectivity index (χ0n) is 12.6. The zero-order chi connectivity index (χ0) is 15.0. The smallest absolute Gasteiger partial charge is 0.182 e. The number of para-hydroxylation sites is 1. The summed E-state index contributed by atoms with van der Waals surface area (Å²) in [6.07, 6.45) is 1.45. The summed E-state index contributed by atoms with van der Waals surface area (Å²) in [5.74, 6) is 0.618. The average molecular weight is 299 g/mol. The van der Waals surface area contributed by atoms with Crippen molar-refractivity contribution >= 4 is 9.84 Å². The van der Waals surface area contributed by atoms with Crippen molar-refractivity contribution in [1.82, 2.24) is 5.32 Å². The normalized spacial score (nSPS) is 11.8. The molecule has 0 bridgehead atoms. The zero-order valence-corrected chi connectivity index (χ0v) is 13.4. The van der Waals surface area contributed by atoms with Crippen molar-refractivity contribution in [2.45, 2.75) is 44.6 Å². The number of rotatable bonds is 9. The first-order valence-corrected chi connectivity index (χ1v) is 8.80. The first-order chi connectivity index (χ1) is 9.47. The van der Waals surface area contributed by atoms with Gasteiger partial charge in [0.1, 0.15) is 10.6 Å². The van der Waals surface area contributed by atoms with Gasteiger partial charge in [-0.1, -0.05) is 32.9 Å². The fraction of sp³-hybridized carbons (Fsp3) is 0.600. The molecule has 0 aliphatic heterocycles. The van der Waals surface area contributed by atoms with Crippen molar-refractivity contribution in [3.63, 3.8) is 0 Å². The van der Waals surface area contributed by atoms with Crippen LogP contribution in [-0.2, 0) is 9.84 Å². The minimum absolute atomic E-state index is 0.155. The molecule has 0 aliphatic carbocycles. The molecule has 4 nitrogen and oxygen atoms in total. The Morgan fingerprint density at radius 1 is 1.25 bits per heavy atom. The Bertz CT molecular complexity index is 498. The summed E-state index contributed by atoms with van der Waals surface area (Å²) in [4.78, 5) is 0.304. The highest BCUT2D eigenvalue weighted by Gasteiger charge is 2.18. The largest absolute Gasteiger partial charge is 0.492 e. The van der Waals surface area contributed by atoms with E-state index in [9.17, 15) is 8.42 Å². The molecule has 0 fully saturated rings. The molecular weight excluding hydrogens is 274 g/mol. The quantitative estimate of drug-likeness (QED) is 0.712. The van der Waals surface area contributed by atoms with Gasteiger partial charge in [0.25, 0.3) is 0 Å². The van der Waals surface area contributed by atoms with Crippen LogP contribution in [0.15, 0.2) is 29.2 Å². The molecule has 0 aromatic heterocycles. The van der Waals surface area contributed by atoms with Crippen molar-refractivity contribution < 1.29 is 13.2 Å². The Morgan fingerprint density at radius 3 is 2.60 bits per heavy atom. The fourth-order valence-corrected chi connectivity index (χ4v) is 3.33. The number of sulfone groups is 1. The summed E-state index contributed by atoms with van der Waals surface area (Å²) in [6.45, 7) is 7.42. The molecule has 0 saturated heterocycles. The fourth-order valence-electron chi connectivity index (χ4n) is 1.85. The molecule has 1 N–H and O–H groups in total. The molecule has 0 saturated carbocycles. The summed E-state index contributed by atoms with van der Waals surface area (Å²) in [5, 5.41) is 3.30. The third kappa shape index (κ3) is 5.51. The standard InChI is InChI=1S/C15H25NO3S/c1-4-12-20(17,18)15-9-6-5-8-14(15)19-11-7-10-16-13(2)3/h5-6,8-9,13,16H,4,7,10-12H2,1-3H3. The van der Waals surface area contributed by atoms with Gasteiger partial charge in [-0.2, -0.15) is 0 Å². The highest BCUT2D eigenvalue weighted by atomic mass is 32.2. The lowest BCUT2D eigenvalue weighted by Gasteiger charge is -2.12.